The summed E-state index contributed by atoms with van der Waals surface area (Å²) < 4.78 is 10.4. The molecule has 1 nitrogen and oxygen atoms in total. The monoisotopic (exact) mass is 648 g/mol. The van der Waals surface area contributed by atoms with Gasteiger partial charge < -0.3 is 0 Å². The van der Waals surface area contributed by atoms with Crippen LogP contribution in [0.3, 0.4) is 0 Å². The van der Waals surface area contributed by atoms with E-state index in [1.54, 1.807) is 0 Å². The van der Waals surface area contributed by atoms with Crippen molar-refractivity contribution in [1.29, 1.82) is 0 Å². The molecule has 3 heteroatoms. The average molecular weight is 648 g/mol. The van der Waals surface area contributed by atoms with E-state index < -0.39 is 27.8 Å². The van der Waals surface area contributed by atoms with Crippen LogP contribution < -0.4 is 19.2 Å². The van der Waals surface area contributed by atoms with Gasteiger partial charge in [0.2, 0.25) is 0 Å². The topological polar surface area (TPSA) is 9.23 Å². The molecule has 0 bridgehead atoms. The van der Waals surface area contributed by atoms with Crippen molar-refractivity contribution >= 4 is 42.6 Å². The predicted molar refractivity (Wildman–Crippen MR) is 192 cm³/mol. The summed E-state index contributed by atoms with van der Waals surface area (Å²) >= 11 is -2.49. The maximum atomic E-state index is 7.87. The van der Waals surface area contributed by atoms with Crippen LogP contribution in [0.5, 0.6) is 0 Å². The molecule has 4 aromatic carbocycles. The minimum absolute atomic E-state index is 0.516. The molecule has 2 radical (unpaired) electrons. The molecule has 0 saturated heterocycles. The van der Waals surface area contributed by atoms with Gasteiger partial charge in [-0.1, -0.05) is 0 Å². The Balaban J connectivity index is 2.09. The molecule has 0 aliphatic heterocycles. The first-order chi connectivity index (χ1) is 20.1. The zero-order valence-corrected chi connectivity index (χ0v) is 31.9. The fourth-order valence-corrected chi connectivity index (χ4v) is 18.5. The molecule has 0 aromatic heterocycles. The Labute approximate surface area is 268 Å². The van der Waals surface area contributed by atoms with Gasteiger partial charge in [0.25, 0.3) is 0 Å². The van der Waals surface area contributed by atoms with Crippen molar-refractivity contribution in [2.45, 2.75) is 94.4 Å². The van der Waals surface area contributed by atoms with Crippen molar-refractivity contribution in [3.8, 4) is 0 Å². The number of rotatable bonds is 8. The van der Waals surface area contributed by atoms with E-state index >= 15 is 0 Å². The summed E-state index contributed by atoms with van der Waals surface area (Å²) in [5, 5.41) is 2.76. The first kappa shape index (κ1) is 33.2. The second-order valence-corrected chi connectivity index (χ2v) is 20.8. The van der Waals surface area contributed by atoms with Gasteiger partial charge in [-0.2, -0.15) is 0 Å². The summed E-state index contributed by atoms with van der Waals surface area (Å²) in [4.78, 5) is 0. The molecule has 1 atom stereocenters. The van der Waals surface area contributed by atoms with E-state index in [4.69, 9.17) is 4.43 Å². The molecule has 0 fully saturated rings. The van der Waals surface area contributed by atoms with E-state index in [-0.39, 0.29) is 0 Å². The van der Waals surface area contributed by atoms with E-state index in [9.17, 15) is 0 Å². The molecule has 4 aromatic rings. The fraction of sp³-hybridized carbons (Fsp3) is 0.350. The second-order valence-electron chi connectivity index (χ2n) is 13.2. The van der Waals surface area contributed by atoms with Crippen molar-refractivity contribution in [2.24, 2.45) is 0 Å². The second kappa shape index (κ2) is 12.8. The van der Waals surface area contributed by atoms with Gasteiger partial charge in [-0.3, -0.25) is 0 Å². The van der Waals surface area contributed by atoms with Gasteiger partial charge in [-0.15, -0.1) is 0 Å². The van der Waals surface area contributed by atoms with Crippen LogP contribution >= 0.6 is 0 Å². The van der Waals surface area contributed by atoms with E-state index in [1.165, 1.54) is 85.9 Å². The predicted octanol–water partition coefficient (Wildman–Crippen LogP) is 7.30. The fourth-order valence-electron chi connectivity index (χ4n) is 7.48. The third-order valence-corrected chi connectivity index (χ3v) is 20.5. The number of aryl methyl sites for hydroxylation is 12. The molecule has 4 rings (SSSR count). The van der Waals surface area contributed by atoms with Crippen LogP contribution in [0, 0.1) is 83.1 Å². The standard InChI is InChI=1S/C40H50GeOSi/c1-15-40(14,41(36-28(6)16-24(2)17-29(36)7)37-30(8)18-25(3)19-31(37)9)42-43(38-32(10)20-26(4)21-33(38)11)39-34(12)22-27(5)23-35(39)13/h15-23H,1H2,2-14H3. The number of hydrogen-bond acceptors (Lipinski definition) is 1. The number of benzene rings is 4. The third kappa shape index (κ3) is 6.57. The number of hydrogen-bond donors (Lipinski definition) is 0. The maximum absolute atomic E-state index is 7.87. The van der Waals surface area contributed by atoms with Crippen LogP contribution in [0.25, 0.3) is 0 Å². The van der Waals surface area contributed by atoms with Crippen LogP contribution in [0.1, 0.15) is 73.7 Å². The zero-order valence-electron chi connectivity index (χ0n) is 28.8. The molecule has 1 unspecified atom stereocenters. The molecule has 0 aliphatic carbocycles. The SMILES string of the molecule is C=C[C](C)(O[Si](c1c(C)cc(C)cc1C)c1c(C)cc(C)cc1C)[Ge]([c]1c(C)cc(C)cc1C)[c]1c(C)cc(C)cc1C. The average Bonchev–Trinajstić information content (AvgIpc) is 2.85. The Bertz CT molecular complexity index is 1510. The molecule has 0 amide bonds. The van der Waals surface area contributed by atoms with Crippen molar-refractivity contribution in [3.63, 3.8) is 0 Å². The summed E-state index contributed by atoms with van der Waals surface area (Å²) in [7, 11) is -1.68. The van der Waals surface area contributed by atoms with Crippen molar-refractivity contribution in [1.82, 2.24) is 0 Å². The molecule has 0 aliphatic rings. The molecule has 43 heavy (non-hydrogen) atoms. The quantitative estimate of drug-likeness (QED) is 0.144. The normalized spacial score (nSPS) is 13.1. The Hall–Kier alpha value is -2.66. The van der Waals surface area contributed by atoms with Gasteiger partial charge in [0.05, 0.1) is 0 Å². The van der Waals surface area contributed by atoms with Gasteiger partial charge in [0, 0.05) is 0 Å². The first-order valence-corrected chi connectivity index (χ1v) is 20.0. The molecule has 0 heterocycles. The van der Waals surface area contributed by atoms with Crippen LogP contribution in [-0.2, 0) is 4.43 Å². The van der Waals surface area contributed by atoms with Gasteiger partial charge in [-0.25, -0.2) is 0 Å². The summed E-state index contributed by atoms with van der Waals surface area (Å²) in [6.07, 6.45) is 2.17. The van der Waals surface area contributed by atoms with Crippen LogP contribution in [0.2, 0.25) is 0 Å². The summed E-state index contributed by atoms with van der Waals surface area (Å²) in [6, 6.07) is 18.8. The van der Waals surface area contributed by atoms with Gasteiger partial charge >= 0.3 is 269 Å². The first-order valence-electron chi connectivity index (χ1n) is 15.5. The van der Waals surface area contributed by atoms with Gasteiger partial charge in [-0.05, 0) is 0 Å². The van der Waals surface area contributed by atoms with E-state index in [2.05, 4.69) is 151 Å². The van der Waals surface area contributed by atoms with Crippen molar-refractivity contribution < 1.29 is 4.43 Å². The van der Waals surface area contributed by atoms with E-state index in [0.29, 0.717) is 0 Å². The van der Waals surface area contributed by atoms with Gasteiger partial charge in [0.15, 0.2) is 0 Å². The van der Waals surface area contributed by atoms with E-state index in [0.717, 1.165) is 0 Å². The van der Waals surface area contributed by atoms with E-state index in [1.807, 2.05) is 0 Å². The van der Waals surface area contributed by atoms with Crippen LogP contribution in [-0.4, -0.2) is 27.8 Å². The molecule has 0 N–H and O–H groups in total. The van der Waals surface area contributed by atoms with Gasteiger partial charge in [0.1, 0.15) is 0 Å². The Morgan fingerprint density at radius 2 is 0.767 bits per heavy atom. The minimum atomic E-state index is -2.49. The molecular weight excluding hydrogens is 597 g/mol. The summed E-state index contributed by atoms with van der Waals surface area (Å²) in [6.45, 7) is 34.0. The van der Waals surface area contributed by atoms with Crippen LogP contribution in [0.4, 0.5) is 0 Å². The Kier molecular flexibility index (Phi) is 9.86. The summed E-state index contributed by atoms with van der Waals surface area (Å²) in [5.41, 5.74) is 16.0. The van der Waals surface area contributed by atoms with Crippen LogP contribution in [0.15, 0.2) is 61.2 Å². The summed E-state index contributed by atoms with van der Waals surface area (Å²) in [5.74, 6) is 0. The van der Waals surface area contributed by atoms with Crippen molar-refractivity contribution in [3.05, 3.63) is 128 Å². The molecule has 0 saturated carbocycles. The Morgan fingerprint density at radius 1 is 0.512 bits per heavy atom. The molecular formula is C40H50GeOSi. The molecule has 224 valence electrons. The Morgan fingerprint density at radius 3 is 1.02 bits per heavy atom. The molecule has 0 spiro atoms. The van der Waals surface area contributed by atoms with Crippen molar-refractivity contribution in [2.75, 3.05) is 0 Å². The zero-order chi connectivity index (χ0) is 32.0. The third-order valence-electron chi connectivity index (χ3n) is 8.86.